The van der Waals surface area contributed by atoms with E-state index in [1.54, 1.807) is 0 Å². The standard InChI is InChI=1S/C92H151NO8/c1-6-8-10-12-14-16-18-20-22-24-26-28-30-32-34-36-38-40-42-44-45-47-49-51-53-55-57-59-61-63-65-67-69-71-73-75-77-79-81-83-90(95)101-88(87-100-92(91(96)97)98-85-84-93(3,4)5)86-99-89(94)82-80-78-76-74-72-70-68-66-64-62-60-58-56-54-52-50-48-46-43-41-39-37-35-33-31-29-27-25-23-21-19-17-15-13-11-9-7-2/h8-11,14-17,20-23,26-29,32-35,38-41,44-46,48-49,51,88,92H,6-7,12-13,18-19,24-25,30-31,36-37,42-43,47,50,52-87H2,1-5H3/p+1/b10-8-,11-9-,16-14-,17-15-,22-20-,23-21-,28-26-,29-27-,34-32-,35-33-,40-38-,41-39-,45-44-,48-46-,51-49-. The highest BCUT2D eigenvalue weighted by atomic mass is 16.7. The molecule has 0 spiro atoms. The molecular weight excluding hydrogens is 1250 g/mol. The lowest BCUT2D eigenvalue weighted by Crippen LogP contribution is -2.40. The average molecular weight is 1400 g/mol. The maximum atomic E-state index is 13.0. The number of unbranched alkanes of at least 4 members (excludes halogenated alkanes) is 29. The van der Waals surface area contributed by atoms with Crippen LogP contribution in [0.15, 0.2) is 182 Å². The number of rotatable bonds is 74. The molecule has 0 aromatic carbocycles. The molecule has 0 saturated carbocycles. The number of ether oxygens (including phenoxy) is 4. The molecule has 0 aromatic heterocycles. The van der Waals surface area contributed by atoms with Gasteiger partial charge in [0, 0.05) is 12.8 Å². The zero-order valence-corrected chi connectivity index (χ0v) is 65.5. The molecule has 2 unspecified atom stereocenters. The van der Waals surface area contributed by atoms with Gasteiger partial charge in [0.1, 0.15) is 13.2 Å². The zero-order valence-electron chi connectivity index (χ0n) is 65.5. The van der Waals surface area contributed by atoms with Crippen molar-refractivity contribution in [3.05, 3.63) is 182 Å². The summed E-state index contributed by atoms with van der Waals surface area (Å²) in [6.45, 7) is 4.66. The van der Waals surface area contributed by atoms with Crippen molar-refractivity contribution in [2.45, 2.75) is 334 Å². The van der Waals surface area contributed by atoms with Crippen molar-refractivity contribution in [3.63, 3.8) is 0 Å². The summed E-state index contributed by atoms with van der Waals surface area (Å²) in [6, 6.07) is 0. The minimum atomic E-state index is -1.52. The highest BCUT2D eigenvalue weighted by molar-refractivity contribution is 5.71. The Morgan fingerprint density at radius 2 is 0.535 bits per heavy atom. The van der Waals surface area contributed by atoms with Crippen molar-refractivity contribution in [2.24, 2.45) is 0 Å². The number of esters is 2. The molecule has 101 heavy (non-hydrogen) atoms. The Morgan fingerprint density at radius 1 is 0.297 bits per heavy atom. The summed E-state index contributed by atoms with van der Waals surface area (Å²) >= 11 is 0. The Bertz CT molecular complexity index is 2330. The van der Waals surface area contributed by atoms with Gasteiger partial charge in [-0.05, 0) is 135 Å². The van der Waals surface area contributed by atoms with Crippen molar-refractivity contribution in [3.8, 4) is 0 Å². The molecule has 2 atom stereocenters. The number of likely N-dealkylation sites (N-methyl/N-ethyl adjacent to an activating group) is 1. The van der Waals surface area contributed by atoms with E-state index in [0.29, 0.717) is 23.9 Å². The minimum Gasteiger partial charge on any atom is -0.477 e. The maximum Gasteiger partial charge on any atom is 0.361 e. The highest BCUT2D eigenvalue weighted by Gasteiger charge is 2.25. The molecule has 0 aliphatic heterocycles. The molecule has 9 heteroatoms. The van der Waals surface area contributed by atoms with E-state index in [1.807, 2.05) is 21.1 Å². The van der Waals surface area contributed by atoms with Crippen LogP contribution in [0.3, 0.4) is 0 Å². The number of hydrogen-bond acceptors (Lipinski definition) is 7. The minimum absolute atomic E-state index is 0.181. The van der Waals surface area contributed by atoms with E-state index in [9.17, 15) is 19.5 Å². The molecule has 0 radical (unpaired) electrons. The third-order valence-electron chi connectivity index (χ3n) is 17.2. The lowest BCUT2D eigenvalue weighted by atomic mass is 10.0. The second-order valence-corrected chi connectivity index (χ2v) is 28.0. The van der Waals surface area contributed by atoms with Crippen LogP contribution in [0.1, 0.15) is 322 Å². The number of nitrogens with zero attached hydrogens (tertiary/aromatic N) is 1. The van der Waals surface area contributed by atoms with Crippen LogP contribution in [-0.2, 0) is 33.3 Å². The molecule has 572 valence electrons. The van der Waals surface area contributed by atoms with E-state index >= 15 is 0 Å². The molecular formula is C92H152NO8+. The summed E-state index contributed by atoms with van der Waals surface area (Å²) in [5.41, 5.74) is 0. The fourth-order valence-corrected chi connectivity index (χ4v) is 11.0. The average Bonchev–Trinajstić information content (AvgIpc) is 1.21. The van der Waals surface area contributed by atoms with Crippen LogP contribution in [0, 0.1) is 0 Å². The molecule has 1 N–H and O–H groups in total. The smallest absolute Gasteiger partial charge is 0.361 e. The van der Waals surface area contributed by atoms with Crippen molar-refractivity contribution in [2.75, 3.05) is 47.5 Å². The van der Waals surface area contributed by atoms with Crippen molar-refractivity contribution in [1.82, 2.24) is 0 Å². The molecule has 9 nitrogen and oxygen atoms in total. The van der Waals surface area contributed by atoms with Gasteiger partial charge in [0.25, 0.3) is 6.29 Å². The molecule has 0 saturated heterocycles. The molecule has 0 heterocycles. The first kappa shape index (κ1) is 95.4. The number of allylic oxidation sites excluding steroid dienone is 30. The van der Waals surface area contributed by atoms with E-state index in [-0.39, 0.29) is 32.2 Å². The predicted molar refractivity (Wildman–Crippen MR) is 437 cm³/mol. The Kier molecular flexibility index (Phi) is 75.6. The first-order valence-corrected chi connectivity index (χ1v) is 40.9. The monoisotopic (exact) mass is 1400 g/mol. The lowest BCUT2D eigenvalue weighted by Gasteiger charge is -2.25. The largest absolute Gasteiger partial charge is 0.477 e. The number of carbonyl (C=O) groups excluding carboxylic acids is 2. The van der Waals surface area contributed by atoms with Crippen LogP contribution in [0.4, 0.5) is 0 Å². The fraction of sp³-hybridized carbons (Fsp3) is 0.641. The molecule has 0 fully saturated rings. The quantitative estimate of drug-likeness (QED) is 0.0211. The van der Waals surface area contributed by atoms with Gasteiger partial charge < -0.3 is 28.5 Å². The van der Waals surface area contributed by atoms with Crippen LogP contribution < -0.4 is 0 Å². The van der Waals surface area contributed by atoms with Gasteiger partial charge in [-0.25, -0.2) is 4.79 Å². The summed E-state index contributed by atoms with van der Waals surface area (Å²) in [7, 11) is 5.98. The van der Waals surface area contributed by atoms with Gasteiger partial charge in [0.05, 0.1) is 34.4 Å². The van der Waals surface area contributed by atoms with Crippen LogP contribution in [-0.4, -0.2) is 87.4 Å². The van der Waals surface area contributed by atoms with E-state index in [2.05, 4.69) is 196 Å². The molecule has 0 aliphatic carbocycles. The summed E-state index contributed by atoms with van der Waals surface area (Å²) in [5.74, 6) is -2.01. The van der Waals surface area contributed by atoms with E-state index in [1.165, 1.54) is 154 Å². The number of carboxylic acid groups (broad SMARTS) is 1. The number of carbonyl (C=O) groups is 3. The summed E-state index contributed by atoms with van der Waals surface area (Å²) in [5, 5.41) is 9.78. The third kappa shape index (κ3) is 81.6. The second kappa shape index (κ2) is 80.1. The number of hydrogen-bond donors (Lipinski definition) is 1. The SMILES string of the molecule is CC/C=C\C/C=C\C/C=C\C/C=C\C/C=C\C/C=C\C/C=C\C/C=C\CCCCCCCCCCCCCCCCC(=O)OC(COC(=O)CCCCCCCCCCCCCCCCC/C=C\C/C=C\C/C=C\C/C=C\C/C=C\C/C=C\C/C=C\CC)COC(OCC[N+](C)(C)C)C(=O)O. The van der Waals surface area contributed by atoms with Crippen LogP contribution in [0.5, 0.6) is 0 Å². The Balaban J connectivity index is 4.07. The molecule has 0 amide bonds. The van der Waals surface area contributed by atoms with E-state index < -0.39 is 24.3 Å². The van der Waals surface area contributed by atoms with E-state index in [0.717, 1.165) is 135 Å². The van der Waals surface area contributed by atoms with Gasteiger partial charge in [0.2, 0.25) is 0 Å². The van der Waals surface area contributed by atoms with Crippen LogP contribution >= 0.6 is 0 Å². The first-order valence-electron chi connectivity index (χ1n) is 40.9. The number of quaternary nitrogens is 1. The van der Waals surface area contributed by atoms with E-state index in [4.69, 9.17) is 18.9 Å². The van der Waals surface area contributed by atoms with Gasteiger partial charge in [-0.2, -0.15) is 0 Å². The first-order chi connectivity index (χ1) is 49.6. The van der Waals surface area contributed by atoms with Gasteiger partial charge in [-0.1, -0.05) is 357 Å². The normalized spacial score (nSPS) is 13.6. The van der Waals surface area contributed by atoms with Crippen molar-refractivity contribution < 1.29 is 42.9 Å². The second-order valence-electron chi connectivity index (χ2n) is 28.0. The van der Waals surface area contributed by atoms with Crippen LogP contribution in [0.25, 0.3) is 0 Å². The predicted octanol–water partition coefficient (Wildman–Crippen LogP) is 26.7. The number of carboxylic acids is 1. The summed E-state index contributed by atoms with van der Waals surface area (Å²) in [4.78, 5) is 37.8. The molecule has 0 rings (SSSR count). The molecule has 0 aliphatic rings. The molecule has 0 bridgehead atoms. The Labute approximate surface area is 621 Å². The molecule has 0 aromatic rings. The van der Waals surface area contributed by atoms with Gasteiger partial charge >= 0.3 is 17.9 Å². The fourth-order valence-electron chi connectivity index (χ4n) is 11.0. The van der Waals surface area contributed by atoms with Gasteiger partial charge in [0.15, 0.2) is 6.10 Å². The maximum absolute atomic E-state index is 13.0. The summed E-state index contributed by atoms with van der Waals surface area (Å²) in [6.07, 6.45) is 119. The van der Waals surface area contributed by atoms with Crippen molar-refractivity contribution >= 4 is 17.9 Å². The summed E-state index contributed by atoms with van der Waals surface area (Å²) < 4.78 is 23.1. The van der Waals surface area contributed by atoms with Gasteiger partial charge in [-0.3, -0.25) is 9.59 Å². The lowest BCUT2D eigenvalue weighted by molar-refractivity contribution is -0.870. The van der Waals surface area contributed by atoms with Crippen LogP contribution in [0.2, 0.25) is 0 Å². The van der Waals surface area contributed by atoms with Crippen molar-refractivity contribution in [1.29, 1.82) is 0 Å². The number of aliphatic carboxylic acids is 1. The highest BCUT2D eigenvalue weighted by Crippen LogP contribution is 2.18. The third-order valence-corrected chi connectivity index (χ3v) is 17.2. The topological polar surface area (TPSA) is 108 Å². The Hall–Kier alpha value is -5.61. The zero-order chi connectivity index (χ0) is 73.2. The Morgan fingerprint density at radius 3 is 0.792 bits per heavy atom. The van der Waals surface area contributed by atoms with Gasteiger partial charge in [-0.15, -0.1) is 0 Å².